The lowest BCUT2D eigenvalue weighted by atomic mass is 10.1. The van der Waals surface area contributed by atoms with E-state index in [-0.39, 0.29) is 11.9 Å². The van der Waals surface area contributed by atoms with Crippen molar-refractivity contribution in [2.24, 2.45) is 0 Å². The summed E-state index contributed by atoms with van der Waals surface area (Å²) in [5.74, 6) is 0.0766. The molecule has 0 aliphatic carbocycles. The van der Waals surface area contributed by atoms with Gasteiger partial charge in [0.25, 0.3) is 0 Å². The van der Waals surface area contributed by atoms with Crippen molar-refractivity contribution in [3.05, 3.63) is 58.8 Å². The average Bonchev–Trinajstić information content (AvgIpc) is 3.34. The van der Waals surface area contributed by atoms with E-state index in [1.54, 1.807) is 0 Å². The van der Waals surface area contributed by atoms with E-state index in [1.807, 2.05) is 37.7 Å². The smallest absolute Gasteiger partial charge is 0.220 e. The van der Waals surface area contributed by atoms with Crippen LogP contribution in [0.2, 0.25) is 0 Å². The van der Waals surface area contributed by atoms with Crippen molar-refractivity contribution >= 4 is 11.6 Å². The molecule has 3 aromatic rings. The normalized spacial score (nSPS) is 17.0. The van der Waals surface area contributed by atoms with Crippen LogP contribution in [0.25, 0.3) is 5.65 Å². The maximum atomic E-state index is 12.1. The number of rotatable bonds is 7. The van der Waals surface area contributed by atoms with Crippen LogP contribution in [0.4, 0.5) is 0 Å². The van der Waals surface area contributed by atoms with Crippen molar-refractivity contribution in [2.45, 2.75) is 72.0 Å². The molecule has 1 fully saturated rings. The molecule has 0 bridgehead atoms. The first-order valence-corrected chi connectivity index (χ1v) is 11.2. The second-order valence-electron chi connectivity index (χ2n) is 8.81. The van der Waals surface area contributed by atoms with E-state index < -0.39 is 0 Å². The second-order valence-corrected chi connectivity index (χ2v) is 8.81. The van der Waals surface area contributed by atoms with Crippen LogP contribution in [0.15, 0.2) is 30.6 Å². The number of nitrogens with zero attached hydrogens (tertiary/aromatic N) is 5. The zero-order chi connectivity index (χ0) is 22.0. The van der Waals surface area contributed by atoms with Crippen molar-refractivity contribution in [3.63, 3.8) is 0 Å². The highest BCUT2D eigenvalue weighted by Gasteiger charge is 2.28. The fraction of sp³-hybridized carbons (Fsp3) is 0.500. The van der Waals surface area contributed by atoms with Gasteiger partial charge in [-0.1, -0.05) is 0 Å². The highest BCUT2D eigenvalue weighted by molar-refractivity contribution is 5.76. The lowest BCUT2D eigenvalue weighted by molar-refractivity contribution is -0.121. The summed E-state index contributed by atoms with van der Waals surface area (Å²) in [5.41, 5.74) is 6.41. The first-order valence-electron chi connectivity index (χ1n) is 11.2. The highest BCUT2D eigenvalue weighted by Crippen LogP contribution is 2.33. The summed E-state index contributed by atoms with van der Waals surface area (Å²) in [6.45, 7) is 10.0. The van der Waals surface area contributed by atoms with Crippen molar-refractivity contribution in [3.8, 4) is 0 Å². The number of pyridine rings is 1. The third-order valence-corrected chi connectivity index (χ3v) is 6.07. The van der Waals surface area contributed by atoms with Crippen LogP contribution in [0.5, 0.6) is 0 Å². The number of nitrogens with one attached hydrogen (secondary N) is 1. The van der Waals surface area contributed by atoms with Gasteiger partial charge >= 0.3 is 0 Å². The van der Waals surface area contributed by atoms with Gasteiger partial charge in [0.15, 0.2) is 5.65 Å². The molecule has 1 amide bonds. The monoisotopic (exact) mass is 420 g/mol. The Morgan fingerprint density at radius 3 is 2.77 bits per heavy atom. The number of fused-ring (bicyclic) bond motifs is 1. The molecule has 1 atom stereocenters. The van der Waals surface area contributed by atoms with E-state index in [2.05, 4.69) is 40.3 Å². The Hall–Kier alpha value is -2.80. The number of carbonyl (C=O) groups is 1. The van der Waals surface area contributed by atoms with Gasteiger partial charge in [0.1, 0.15) is 0 Å². The maximum absolute atomic E-state index is 12.1. The largest absolute Gasteiger partial charge is 0.354 e. The van der Waals surface area contributed by atoms with Crippen molar-refractivity contribution in [2.75, 3.05) is 6.54 Å². The Kier molecular flexibility index (Phi) is 6.32. The zero-order valence-corrected chi connectivity index (χ0v) is 18.9. The summed E-state index contributed by atoms with van der Waals surface area (Å²) < 4.78 is 1.96. The molecule has 3 aromatic heterocycles. The van der Waals surface area contributed by atoms with Crippen LogP contribution >= 0.6 is 0 Å². The van der Waals surface area contributed by atoms with Crippen molar-refractivity contribution < 1.29 is 4.79 Å². The van der Waals surface area contributed by atoms with E-state index in [4.69, 9.17) is 10.1 Å². The van der Waals surface area contributed by atoms with E-state index >= 15 is 0 Å². The molecular weight excluding hydrogens is 388 g/mol. The fourth-order valence-corrected chi connectivity index (χ4v) is 4.57. The van der Waals surface area contributed by atoms with E-state index in [1.165, 1.54) is 12.0 Å². The lowest BCUT2D eigenvalue weighted by Crippen LogP contribution is -2.30. The first kappa shape index (κ1) is 21.4. The number of carbonyl (C=O) groups excluding carboxylic acids is 1. The molecule has 4 heterocycles. The Balaban J connectivity index is 1.56. The van der Waals surface area contributed by atoms with Crippen molar-refractivity contribution in [1.29, 1.82) is 0 Å². The van der Waals surface area contributed by atoms with Gasteiger partial charge in [0.05, 0.1) is 11.7 Å². The number of hydrogen-bond acceptors (Lipinski definition) is 5. The SMILES string of the molecule is Cc1nc2cc([C@H]3CCCN3Cc3ccncc3)nn2c(C)c1CCC(=O)NC(C)C. The molecule has 4 rings (SSSR count). The van der Waals surface area contributed by atoms with Gasteiger partial charge in [-0.3, -0.25) is 14.7 Å². The second kappa shape index (κ2) is 9.14. The zero-order valence-electron chi connectivity index (χ0n) is 18.9. The fourth-order valence-electron chi connectivity index (χ4n) is 4.57. The van der Waals surface area contributed by atoms with Crippen molar-refractivity contribution in [1.82, 2.24) is 29.8 Å². The quantitative estimate of drug-likeness (QED) is 0.633. The molecule has 0 saturated carbocycles. The average molecular weight is 421 g/mol. The van der Waals surface area contributed by atoms with Gasteiger partial charge in [-0.25, -0.2) is 9.50 Å². The summed E-state index contributed by atoms with van der Waals surface area (Å²) in [5, 5.41) is 7.93. The molecule has 1 N–H and O–H groups in total. The molecule has 0 unspecified atom stereocenters. The molecule has 1 aliphatic heterocycles. The van der Waals surface area contributed by atoms with Gasteiger partial charge < -0.3 is 5.32 Å². The highest BCUT2D eigenvalue weighted by atomic mass is 16.1. The molecule has 31 heavy (non-hydrogen) atoms. The summed E-state index contributed by atoms with van der Waals surface area (Å²) in [6, 6.07) is 6.75. The maximum Gasteiger partial charge on any atom is 0.220 e. The third-order valence-electron chi connectivity index (χ3n) is 6.07. The Morgan fingerprint density at radius 1 is 1.26 bits per heavy atom. The van der Waals surface area contributed by atoms with Crippen LogP contribution in [0.1, 0.15) is 67.4 Å². The Bertz CT molecular complexity index is 1060. The van der Waals surface area contributed by atoms with Gasteiger partial charge in [-0.15, -0.1) is 0 Å². The molecule has 0 spiro atoms. The first-order chi connectivity index (χ1) is 14.9. The summed E-state index contributed by atoms with van der Waals surface area (Å²) >= 11 is 0. The minimum atomic E-state index is 0.0766. The minimum Gasteiger partial charge on any atom is -0.354 e. The molecule has 164 valence electrons. The van der Waals surface area contributed by atoms with Gasteiger partial charge in [-0.05, 0) is 76.8 Å². The summed E-state index contributed by atoms with van der Waals surface area (Å²) in [4.78, 5) is 23.6. The number of amides is 1. The summed E-state index contributed by atoms with van der Waals surface area (Å²) in [7, 11) is 0. The van der Waals surface area contributed by atoms with Crippen LogP contribution in [0.3, 0.4) is 0 Å². The molecule has 1 aliphatic rings. The predicted octanol–water partition coefficient (Wildman–Crippen LogP) is 3.54. The number of hydrogen-bond donors (Lipinski definition) is 1. The van der Waals surface area contributed by atoms with E-state index in [0.29, 0.717) is 18.9 Å². The van der Waals surface area contributed by atoms with Gasteiger partial charge in [0.2, 0.25) is 5.91 Å². The number of aryl methyl sites for hydroxylation is 2. The number of likely N-dealkylation sites (tertiary alicyclic amines) is 1. The lowest BCUT2D eigenvalue weighted by Gasteiger charge is -2.22. The molecule has 1 saturated heterocycles. The van der Waals surface area contributed by atoms with Crippen LogP contribution in [-0.4, -0.2) is 43.0 Å². The van der Waals surface area contributed by atoms with Gasteiger partial charge in [-0.2, -0.15) is 5.10 Å². The molecule has 0 aromatic carbocycles. The topological polar surface area (TPSA) is 75.4 Å². The minimum absolute atomic E-state index is 0.0766. The molecule has 7 nitrogen and oxygen atoms in total. The standard InChI is InChI=1S/C24H32N6O/c1-16(2)26-24(31)8-7-20-17(3)27-23-14-21(28-30(23)18(20)4)22-6-5-13-29(22)15-19-9-11-25-12-10-19/h9-12,14,16,22H,5-8,13,15H2,1-4H3,(H,26,31)/t22-/m1/s1. The van der Waals surface area contributed by atoms with E-state index in [0.717, 1.165) is 47.8 Å². The Labute approximate surface area is 183 Å². The van der Waals surface area contributed by atoms with Crippen LogP contribution in [0, 0.1) is 13.8 Å². The van der Waals surface area contributed by atoms with Crippen LogP contribution < -0.4 is 5.32 Å². The summed E-state index contributed by atoms with van der Waals surface area (Å²) in [6.07, 6.45) is 7.12. The third kappa shape index (κ3) is 4.77. The van der Waals surface area contributed by atoms with E-state index in [9.17, 15) is 4.79 Å². The molecule has 0 radical (unpaired) electrons. The Morgan fingerprint density at radius 2 is 2.03 bits per heavy atom. The molecular formula is C24H32N6O. The number of aromatic nitrogens is 4. The predicted molar refractivity (Wildman–Crippen MR) is 121 cm³/mol. The molecule has 7 heteroatoms. The van der Waals surface area contributed by atoms with Gasteiger partial charge in [0, 0.05) is 48.9 Å². The van der Waals surface area contributed by atoms with Crippen LogP contribution in [-0.2, 0) is 17.8 Å².